The third-order valence-corrected chi connectivity index (χ3v) is 3.17. The fourth-order valence-electron chi connectivity index (χ4n) is 2.23. The molecule has 1 aliphatic rings. The van der Waals surface area contributed by atoms with Crippen molar-refractivity contribution < 1.29 is 0 Å². The number of hydrogen-bond acceptors (Lipinski definition) is 3. The Bertz CT molecular complexity index is 139. The molecule has 0 saturated carbocycles. The van der Waals surface area contributed by atoms with Crippen molar-refractivity contribution in [2.45, 2.75) is 26.8 Å². The first kappa shape index (κ1) is 12.0. The number of hydrogen-bond donors (Lipinski definition) is 1. The molecule has 1 atom stereocenters. The second-order valence-corrected chi connectivity index (χ2v) is 4.12. The van der Waals surface area contributed by atoms with Crippen LogP contribution in [-0.4, -0.2) is 61.7 Å². The zero-order valence-corrected chi connectivity index (χ0v) is 9.92. The summed E-state index contributed by atoms with van der Waals surface area (Å²) in [5.74, 6) is 0. The number of nitrogens with one attached hydrogen (secondary N) is 1. The van der Waals surface area contributed by atoms with Gasteiger partial charge in [-0.2, -0.15) is 0 Å². The van der Waals surface area contributed by atoms with E-state index < -0.39 is 0 Å². The lowest BCUT2D eigenvalue weighted by Gasteiger charge is -2.34. The van der Waals surface area contributed by atoms with Gasteiger partial charge in [0.1, 0.15) is 0 Å². The molecule has 3 nitrogen and oxygen atoms in total. The molecule has 0 spiro atoms. The van der Waals surface area contributed by atoms with Crippen LogP contribution in [-0.2, 0) is 0 Å². The van der Waals surface area contributed by atoms with Crippen LogP contribution >= 0.6 is 0 Å². The molecule has 1 N–H and O–H groups in total. The first-order chi connectivity index (χ1) is 6.77. The van der Waals surface area contributed by atoms with Gasteiger partial charge in [0.2, 0.25) is 0 Å². The molecule has 0 bridgehead atoms. The minimum Gasteiger partial charge on any atom is -0.314 e. The molecule has 0 aromatic rings. The molecule has 1 unspecified atom stereocenters. The third kappa shape index (κ3) is 3.56. The zero-order valence-electron chi connectivity index (χ0n) is 9.92. The zero-order chi connectivity index (χ0) is 10.4. The lowest BCUT2D eigenvalue weighted by molar-refractivity contribution is 0.148. The molecule has 3 heteroatoms. The predicted octanol–water partition coefficient (Wildman–Crippen LogP) is 0.622. The fraction of sp³-hybridized carbons (Fsp3) is 1.00. The van der Waals surface area contributed by atoms with Gasteiger partial charge in [-0.1, -0.05) is 13.8 Å². The molecule has 0 amide bonds. The fourth-order valence-corrected chi connectivity index (χ4v) is 2.23. The van der Waals surface area contributed by atoms with Crippen molar-refractivity contribution in [2.75, 3.05) is 45.8 Å². The van der Waals surface area contributed by atoms with Crippen LogP contribution in [0.25, 0.3) is 0 Å². The lowest BCUT2D eigenvalue weighted by Crippen LogP contribution is -2.49. The van der Waals surface area contributed by atoms with E-state index in [2.05, 4.69) is 35.9 Å². The molecule has 0 aromatic heterocycles. The molecule has 1 aliphatic heterocycles. The van der Waals surface area contributed by atoms with Crippen LogP contribution in [0.5, 0.6) is 0 Å². The maximum absolute atomic E-state index is 3.39. The van der Waals surface area contributed by atoms with E-state index in [0.717, 1.165) is 13.1 Å². The van der Waals surface area contributed by atoms with Gasteiger partial charge in [0.05, 0.1) is 0 Å². The van der Waals surface area contributed by atoms with E-state index >= 15 is 0 Å². The van der Waals surface area contributed by atoms with Gasteiger partial charge in [-0.25, -0.2) is 0 Å². The molecule has 14 heavy (non-hydrogen) atoms. The lowest BCUT2D eigenvalue weighted by atomic mass is 10.2. The second kappa shape index (κ2) is 6.38. The van der Waals surface area contributed by atoms with Gasteiger partial charge < -0.3 is 5.32 Å². The molecule has 0 aromatic carbocycles. The van der Waals surface area contributed by atoms with Crippen LogP contribution in [0.4, 0.5) is 0 Å². The molecule has 1 heterocycles. The SMILES string of the molecule is CCN(CC)C(C)CN1CCNCC1. The van der Waals surface area contributed by atoms with Crippen molar-refractivity contribution in [1.82, 2.24) is 15.1 Å². The number of piperazine rings is 1. The van der Waals surface area contributed by atoms with Gasteiger partial charge in [0, 0.05) is 38.8 Å². The Balaban J connectivity index is 2.26. The van der Waals surface area contributed by atoms with Crippen LogP contribution in [0.2, 0.25) is 0 Å². The van der Waals surface area contributed by atoms with Crippen molar-refractivity contribution in [3.63, 3.8) is 0 Å². The standard InChI is InChI=1S/C11H25N3/c1-4-14(5-2)11(3)10-13-8-6-12-7-9-13/h11-12H,4-10H2,1-3H3. The molecule has 0 aliphatic carbocycles. The maximum atomic E-state index is 3.39. The molecule has 1 rings (SSSR count). The first-order valence-electron chi connectivity index (χ1n) is 5.95. The van der Waals surface area contributed by atoms with E-state index in [1.54, 1.807) is 0 Å². The molecular formula is C11H25N3. The summed E-state index contributed by atoms with van der Waals surface area (Å²) in [5, 5.41) is 3.39. The summed E-state index contributed by atoms with van der Waals surface area (Å²) in [4.78, 5) is 5.10. The van der Waals surface area contributed by atoms with E-state index in [9.17, 15) is 0 Å². The third-order valence-electron chi connectivity index (χ3n) is 3.17. The average molecular weight is 199 g/mol. The van der Waals surface area contributed by atoms with Gasteiger partial charge in [-0.15, -0.1) is 0 Å². The van der Waals surface area contributed by atoms with Crippen LogP contribution in [0, 0.1) is 0 Å². The quantitative estimate of drug-likeness (QED) is 0.700. The van der Waals surface area contributed by atoms with Crippen molar-refractivity contribution >= 4 is 0 Å². The summed E-state index contributed by atoms with van der Waals surface area (Å²) in [5.41, 5.74) is 0. The minimum absolute atomic E-state index is 0.697. The van der Waals surface area contributed by atoms with Crippen molar-refractivity contribution in [3.05, 3.63) is 0 Å². The van der Waals surface area contributed by atoms with E-state index in [4.69, 9.17) is 0 Å². The van der Waals surface area contributed by atoms with Gasteiger partial charge in [0.15, 0.2) is 0 Å². The Morgan fingerprint density at radius 1 is 1.21 bits per heavy atom. The maximum Gasteiger partial charge on any atom is 0.0194 e. The topological polar surface area (TPSA) is 18.5 Å². The molecular weight excluding hydrogens is 174 g/mol. The molecule has 1 fully saturated rings. The highest BCUT2D eigenvalue weighted by molar-refractivity contribution is 4.74. The molecule has 0 radical (unpaired) electrons. The normalized spacial score (nSPS) is 21.4. The van der Waals surface area contributed by atoms with Crippen molar-refractivity contribution in [3.8, 4) is 0 Å². The van der Waals surface area contributed by atoms with Crippen molar-refractivity contribution in [2.24, 2.45) is 0 Å². The monoisotopic (exact) mass is 199 g/mol. The largest absolute Gasteiger partial charge is 0.314 e. The van der Waals surface area contributed by atoms with Crippen molar-refractivity contribution in [1.29, 1.82) is 0 Å². The van der Waals surface area contributed by atoms with Crippen LogP contribution in [0.1, 0.15) is 20.8 Å². The average Bonchev–Trinajstić information content (AvgIpc) is 2.21. The molecule has 1 saturated heterocycles. The Labute approximate surface area is 88.5 Å². The van der Waals surface area contributed by atoms with Gasteiger partial charge in [-0.05, 0) is 20.0 Å². The van der Waals surface area contributed by atoms with Crippen LogP contribution < -0.4 is 5.32 Å². The summed E-state index contributed by atoms with van der Waals surface area (Å²) >= 11 is 0. The van der Waals surface area contributed by atoms with E-state index in [1.165, 1.54) is 32.7 Å². The molecule has 84 valence electrons. The smallest absolute Gasteiger partial charge is 0.0194 e. The van der Waals surface area contributed by atoms with Gasteiger partial charge in [0.25, 0.3) is 0 Å². The Kier molecular flexibility index (Phi) is 5.45. The summed E-state index contributed by atoms with van der Waals surface area (Å²) in [7, 11) is 0. The number of rotatable bonds is 5. The predicted molar refractivity (Wildman–Crippen MR) is 61.7 cm³/mol. The highest BCUT2D eigenvalue weighted by Gasteiger charge is 2.16. The first-order valence-corrected chi connectivity index (χ1v) is 5.95. The number of nitrogens with zero attached hydrogens (tertiary/aromatic N) is 2. The Hall–Kier alpha value is -0.120. The second-order valence-electron chi connectivity index (χ2n) is 4.12. The summed E-state index contributed by atoms with van der Waals surface area (Å²) in [6.07, 6.45) is 0. The Morgan fingerprint density at radius 3 is 2.29 bits per heavy atom. The summed E-state index contributed by atoms with van der Waals surface area (Å²) in [6.45, 7) is 15.1. The van der Waals surface area contributed by atoms with E-state index in [0.29, 0.717) is 6.04 Å². The van der Waals surface area contributed by atoms with Gasteiger partial charge in [-0.3, -0.25) is 9.80 Å². The highest BCUT2D eigenvalue weighted by Crippen LogP contribution is 2.02. The number of likely N-dealkylation sites (N-methyl/N-ethyl adjacent to an activating group) is 1. The van der Waals surface area contributed by atoms with Crippen LogP contribution in [0.3, 0.4) is 0 Å². The van der Waals surface area contributed by atoms with Gasteiger partial charge >= 0.3 is 0 Å². The van der Waals surface area contributed by atoms with E-state index in [-0.39, 0.29) is 0 Å². The van der Waals surface area contributed by atoms with E-state index in [1.807, 2.05) is 0 Å². The highest BCUT2D eigenvalue weighted by atomic mass is 15.2. The summed E-state index contributed by atoms with van der Waals surface area (Å²) < 4.78 is 0. The Morgan fingerprint density at radius 2 is 1.79 bits per heavy atom. The minimum atomic E-state index is 0.697. The summed E-state index contributed by atoms with van der Waals surface area (Å²) in [6, 6.07) is 0.697. The van der Waals surface area contributed by atoms with Crippen LogP contribution in [0.15, 0.2) is 0 Å².